The molecule has 3 saturated carbocycles. The number of ketones is 1. The second kappa shape index (κ2) is 17.8. The van der Waals surface area contributed by atoms with E-state index < -0.39 is 24.2 Å². The number of alkyl halides is 3. The fraction of sp³-hybridized carbons (Fsp3) is 0.841. The van der Waals surface area contributed by atoms with E-state index in [-0.39, 0.29) is 62.0 Å². The number of hydrogen-bond acceptors (Lipinski definition) is 6. The number of Topliss-reactive ketones (excluding diaryl/α,β-unsaturated/α-hetero) is 1. The lowest BCUT2D eigenvalue weighted by Crippen LogP contribution is -2.51. The van der Waals surface area contributed by atoms with Gasteiger partial charge in [0, 0.05) is 31.7 Å². The first-order chi connectivity index (χ1) is 25.9. The minimum absolute atomic E-state index is 0.0144. The molecule has 2 amide bonds. The average Bonchev–Trinajstić information content (AvgIpc) is 3.71. The summed E-state index contributed by atoms with van der Waals surface area (Å²) in [5.74, 6) is 0.982. The van der Waals surface area contributed by atoms with Gasteiger partial charge in [0.25, 0.3) is 0 Å². The summed E-state index contributed by atoms with van der Waals surface area (Å²) < 4.78 is 48.0. The molecule has 0 radical (unpaired) electrons. The molecular weight excluding hydrogens is 709 g/mol. The van der Waals surface area contributed by atoms with Crippen LogP contribution in [-0.4, -0.2) is 70.4 Å². The topological polar surface area (TPSA) is 93.0 Å². The number of likely N-dealkylation sites (tertiary alicyclic amines) is 1. The Bertz CT molecular complexity index is 1490. The maximum Gasteiger partial charge on any atom is 0.539 e. The number of carbonyl (C=O) groups is 4. The maximum absolute atomic E-state index is 14.0. The monoisotopic (exact) mass is 778 g/mol. The van der Waals surface area contributed by atoms with E-state index in [4.69, 9.17) is 9.57 Å². The van der Waals surface area contributed by atoms with Crippen LogP contribution in [0.25, 0.3) is 0 Å². The van der Waals surface area contributed by atoms with E-state index in [1.165, 1.54) is 38.5 Å². The minimum Gasteiger partial charge on any atom is -0.460 e. The molecule has 0 aromatic carbocycles. The molecule has 4 aliphatic carbocycles. The van der Waals surface area contributed by atoms with Gasteiger partial charge < -0.3 is 9.64 Å². The molecule has 0 bridgehead atoms. The standard InChI is InChI=1S/C44H68F3N2O6/c1-8-31-26-34(55-40(52)18-14-33(50)9-2)27-48(31)39(51)21-24-54-49(41(53)44(45,46)47)32-19-22-42(6)30(25-32)13-15-35-37-17-16-36(29(5)12-10-11-28(3)4)43(37,7)23-20-38(35)42/h13,28-29,31,34-38H,8-12,14-27H2,1-7H3/q+1/b49-32+/t29-,31-,34-,35?,36-,37?,38?,42+,43-/m1/s1. The van der Waals surface area contributed by atoms with E-state index >= 15 is 0 Å². The second-order valence-electron chi connectivity index (χ2n) is 18.6. The average molecular weight is 778 g/mol. The van der Waals surface area contributed by atoms with Crippen LogP contribution in [-0.2, 0) is 28.8 Å². The Hall–Kier alpha value is -2.72. The molecule has 0 aromatic rings. The highest BCUT2D eigenvalue weighted by atomic mass is 19.4. The molecule has 0 N–H and O–H groups in total. The SMILES string of the molecule is CCC(=O)CCC(=O)O[C@@H]1C[C@@H](CC)N(C(=O)CCO/[N+](C(=O)C(F)(F)F)=C2\CC[C@@]3(C)C(=CCC4C3CC[C@@]3(C)C4CC[C@@H]3[C@H](C)CCCC(C)C)C2)C1. The van der Waals surface area contributed by atoms with Crippen LogP contribution in [0.2, 0.25) is 0 Å². The Kier molecular flexibility index (Phi) is 14.1. The Morgan fingerprint density at radius 1 is 0.982 bits per heavy atom. The lowest BCUT2D eigenvalue weighted by Gasteiger charge is -2.57. The zero-order valence-electron chi connectivity index (χ0n) is 34.6. The summed E-state index contributed by atoms with van der Waals surface area (Å²) in [5.41, 5.74) is 1.63. The van der Waals surface area contributed by atoms with Crippen molar-refractivity contribution >= 4 is 29.3 Å². The molecule has 55 heavy (non-hydrogen) atoms. The fourth-order valence-electron chi connectivity index (χ4n) is 11.8. The molecule has 1 aliphatic heterocycles. The molecule has 5 aliphatic rings. The number of amides is 2. The number of hydrogen-bond donors (Lipinski definition) is 0. The van der Waals surface area contributed by atoms with Crippen LogP contribution < -0.4 is 0 Å². The molecule has 1 heterocycles. The van der Waals surface area contributed by atoms with E-state index in [1.54, 1.807) is 11.8 Å². The van der Waals surface area contributed by atoms with Gasteiger partial charge in [0.1, 0.15) is 11.9 Å². The minimum atomic E-state index is -5.14. The first-order valence-corrected chi connectivity index (χ1v) is 21.5. The molecule has 8 nitrogen and oxygen atoms in total. The van der Waals surface area contributed by atoms with Crippen LogP contribution in [0.15, 0.2) is 11.6 Å². The molecule has 3 unspecified atom stereocenters. The summed E-state index contributed by atoms with van der Waals surface area (Å²) in [6.07, 6.45) is 8.84. The van der Waals surface area contributed by atoms with Crippen LogP contribution in [0.3, 0.4) is 0 Å². The number of rotatable bonds is 15. The van der Waals surface area contributed by atoms with Crippen molar-refractivity contribution in [3.63, 3.8) is 0 Å². The largest absolute Gasteiger partial charge is 0.539 e. The van der Waals surface area contributed by atoms with E-state index in [1.807, 2.05) is 6.92 Å². The van der Waals surface area contributed by atoms with Gasteiger partial charge in [0.15, 0.2) is 6.61 Å². The quantitative estimate of drug-likeness (QED) is 0.0712. The van der Waals surface area contributed by atoms with Gasteiger partial charge in [-0.25, -0.2) is 4.79 Å². The molecule has 1 saturated heterocycles. The molecule has 0 aromatic heterocycles. The van der Waals surface area contributed by atoms with Crippen molar-refractivity contribution in [1.29, 1.82) is 0 Å². The highest BCUT2D eigenvalue weighted by Crippen LogP contribution is 2.67. The predicted octanol–water partition coefficient (Wildman–Crippen LogP) is 9.57. The zero-order valence-corrected chi connectivity index (χ0v) is 34.6. The van der Waals surface area contributed by atoms with Crippen LogP contribution in [0.4, 0.5) is 13.2 Å². The van der Waals surface area contributed by atoms with Crippen LogP contribution in [0, 0.1) is 46.3 Å². The first-order valence-electron chi connectivity index (χ1n) is 21.5. The predicted molar refractivity (Wildman–Crippen MR) is 205 cm³/mol. The normalized spacial score (nSPS) is 33.3. The van der Waals surface area contributed by atoms with Gasteiger partial charge >= 0.3 is 18.1 Å². The summed E-state index contributed by atoms with van der Waals surface area (Å²) in [6.45, 7) is 15.4. The molecule has 5 rings (SSSR count). The molecule has 11 heteroatoms. The maximum atomic E-state index is 14.0. The van der Waals surface area contributed by atoms with Crippen molar-refractivity contribution in [2.45, 2.75) is 176 Å². The lowest BCUT2D eigenvalue weighted by atomic mass is 9.47. The van der Waals surface area contributed by atoms with Crippen LogP contribution in [0.5, 0.6) is 0 Å². The number of allylic oxidation sites excluding steroid dienone is 2. The summed E-state index contributed by atoms with van der Waals surface area (Å²) in [5, 5.41) is 0. The first kappa shape index (κ1) is 43.4. The number of fused-ring (bicyclic) bond motifs is 5. The van der Waals surface area contributed by atoms with Crippen molar-refractivity contribution in [1.82, 2.24) is 4.90 Å². The highest BCUT2D eigenvalue weighted by Gasteiger charge is 2.60. The summed E-state index contributed by atoms with van der Waals surface area (Å²) in [4.78, 5) is 57.3. The third kappa shape index (κ3) is 9.54. The number of nitrogens with zero attached hydrogens (tertiary/aromatic N) is 2. The number of esters is 1. The third-order valence-corrected chi connectivity index (χ3v) is 14.9. The molecule has 310 valence electrons. The van der Waals surface area contributed by atoms with Gasteiger partial charge in [0.05, 0.1) is 30.5 Å². The van der Waals surface area contributed by atoms with Gasteiger partial charge in [-0.1, -0.05) is 79.4 Å². The van der Waals surface area contributed by atoms with Gasteiger partial charge in [-0.2, -0.15) is 13.2 Å². The number of carbonyl (C=O) groups excluding carboxylic acids is 4. The van der Waals surface area contributed by atoms with Crippen molar-refractivity contribution in [2.75, 3.05) is 13.2 Å². The van der Waals surface area contributed by atoms with E-state index in [0.717, 1.165) is 30.3 Å². The Balaban J connectivity index is 1.24. The smallest absolute Gasteiger partial charge is 0.460 e. The zero-order chi connectivity index (χ0) is 40.3. The second-order valence-corrected chi connectivity index (χ2v) is 18.6. The molecule has 0 spiro atoms. The Morgan fingerprint density at radius 3 is 2.40 bits per heavy atom. The van der Waals surface area contributed by atoms with Gasteiger partial charge in [0.2, 0.25) is 11.6 Å². The van der Waals surface area contributed by atoms with Crippen LogP contribution >= 0.6 is 0 Å². The summed E-state index contributed by atoms with van der Waals surface area (Å²) in [7, 11) is 0. The lowest BCUT2D eigenvalue weighted by molar-refractivity contribution is -0.728. The fourth-order valence-corrected chi connectivity index (χ4v) is 11.8. The van der Waals surface area contributed by atoms with Crippen molar-refractivity contribution in [3.8, 4) is 0 Å². The van der Waals surface area contributed by atoms with E-state index in [9.17, 15) is 32.3 Å². The van der Waals surface area contributed by atoms with Crippen molar-refractivity contribution < 1.29 is 46.7 Å². The van der Waals surface area contributed by atoms with Crippen molar-refractivity contribution in [2.24, 2.45) is 46.3 Å². The Labute approximate surface area is 327 Å². The van der Waals surface area contributed by atoms with Gasteiger partial charge in [-0.3, -0.25) is 19.2 Å². The Morgan fingerprint density at radius 2 is 1.73 bits per heavy atom. The van der Waals surface area contributed by atoms with E-state index in [0.29, 0.717) is 71.6 Å². The third-order valence-electron chi connectivity index (χ3n) is 14.9. The van der Waals surface area contributed by atoms with Gasteiger partial charge in [-0.05, 0) is 91.3 Å². The van der Waals surface area contributed by atoms with Crippen molar-refractivity contribution in [3.05, 3.63) is 11.6 Å². The van der Waals surface area contributed by atoms with Crippen LogP contribution in [0.1, 0.15) is 158 Å². The summed E-state index contributed by atoms with van der Waals surface area (Å²) in [6, 6.07) is -0.200. The number of hydroxylamine groups is 1. The van der Waals surface area contributed by atoms with E-state index in [2.05, 4.69) is 40.7 Å². The highest BCUT2D eigenvalue weighted by molar-refractivity contribution is 5.89. The molecular formula is C44H68F3N2O6+. The number of ether oxygens (including phenoxy) is 1. The molecule has 9 atom stereocenters. The van der Waals surface area contributed by atoms with Gasteiger partial charge in [-0.15, -0.1) is 0 Å². The molecule has 4 fully saturated rings. The summed E-state index contributed by atoms with van der Waals surface area (Å²) >= 11 is 0. The number of halogens is 3.